The van der Waals surface area contributed by atoms with Gasteiger partial charge in [0, 0.05) is 18.7 Å². The molecule has 8 nitrogen and oxygen atoms in total. The minimum Gasteiger partial charge on any atom is -0.457 e. The van der Waals surface area contributed by atoms with Crippen LogP contribution in [-0.4, -0.2) is 59.0 Å². The summed E-state index contributed by atoms with van der Waals surface area (Å²) in [5.74, 6) is 0.622. The third-order valence-electron chi connectivity index (χ3n) is 6.56. The van der Waals surface area contributed by atoms with Crippen molar-refractivity contribution in [2.75, 3.05) is 13.1 Å². The van der Waals surface area contributed by atoms with E-state index in [0.717, 1.165) is 5.56 Å². The van der Waals surface area contributed by atoms with Crippen LogP contribution in [0.25, 0.3) is 0 Å². The molecule has 0 aliphatic carbocycles. The molecule has 1 aliphatic rings. The molecule has 1 heterocycles. The van der Waals surface area contributed by atoms with Crippen molar-refractivity contribution in [2.24, 2.45) is 5.92 Å². The van der Waals surface area contributed by atoms with Crippen LogP contribution >= 0.6 is 0 Å². The Bertz CT molecular complexity index is 1250. The van der Waals surface area contributed by atoms with Crippen LogP contribution in [0.15, 0.2) is 84.9 Å². The zero-order valence-electron chi connectivity index (χ0n) is 22.2. The first kappa shape index (κ1) is 27.9. The van der Waals surface area contributed by atoms with Crippen LogP contribution in [0, 0.1) is 5.92 Å². The number of ether oxygens (including phenoxy) is 1. The maximum absolute atomic E-state index is 13.4. The standard InChI is InChI=1S/C31H35N3O5/c1-21(2)17-26(32-29(36)18-22-9-5-3-6-10-22)31(38)34-19-27(28(35)20-34)33-30(37)23-13-15-25(16-14-23)39-24-11-7-4-8-12-24/h3-16,21,26-28,35H,17-20H2,1-2H3,(H,32,36)(H,33,37)/t26-,27?,28?/m0/s1. The summed E-state index contributed by atoms with van der Waals surface area (Å²) in [5, 5.41) is 16.4. The average Bonchev–Trinajstić information content (AvgIpc) is 3.29. The Kier molecular flexibility index (Phi) is 9.33. The SMILES string of the molecule is CC(C)C[C@H](NC(=O)Cc1ccccc1)C(=O)N1CC(O)C(NC(=O)c2ccc(Oc3ccccc3)cc2)C1. The molecule has 1 fully saturated rings. The Labute approximate surface area is 229 Å². The van der Waals surface area contributed by atoms with Gasteiger partial charge < -0.3 is 25.4 Å². The average molecular weight is 530 g/mol. The molecule has 1 saturated heterocycles. The second-order valence-electron chi connectivity index (χ2n) is 10.2. The van der Waals surface area contributed by atoms with E-state index in [4.69, 9.17) is 4.74 Å². The predicted molar refractivity (Wildman–Crippen MR) is 148 cm³/mol. The summed E-state index contributed by atoms with van der Waals surface area (Å²) >= 11 is 0. The van der Waals surface area contributed by atoms with Crippen LogP contribution in [-0.2, 0) is 16.0 Å². The lowest BCUT2D eigenvalue weighted by atomic mass is 10.0. The lowest BCUT2D eigenvalue weighted by Crippen LogP contribution is -2.49. The Balaban J connectivity index is 1.33. The lowest BCUT2D eigenvalue weighted by molar-refractivity contribution is -0.136. The van der Waals surface area contributed by atoms with Gasteiger partial charge in [-0.1, -0.05) is 62.4 Å². The third kappa shape index (κ3) is 7.91. The molecule has 3 atom stereocenters. The first-order valence-electron chi connectivity index (χ1n) is 13.2. The topological polar surface area (TPSA) is 108 Å². The highest BCUT2D eigenvalue weighted by Gasteiger charge is 2.38. The molecular formula is C31H35N3O5. The number of hydrogen-bond donors (Lipinski definition) is 3. The number of rotatable bonds is 10. The van der Waals surface area contributed by atoms with Crippen molar-refractivity contribution >= 4 is 17.7 Å². The van der Waals surface area contributed by atoms with Crippen LogP contribution in [0.4, 0.5) is 0 Å². The fraction of sp³-hybridized carbons (Fsp3) is 0.323. The number of aliphatic hydroxyl groups excluding tert-OH is 1. The van der Waals surface area contributed by atoms with E-state index >= 15 is 0 Å². The Morgan fingerprint density at radius 1 is 0.897 bits per heavy atom. The van der Waals surface area contributed by atoms with Crippen LogP contribution in [0.1, 0.15) is 36.2 Å². The quantitative estimate of drug-likeness (QED) is 0.372. The fourth-order valence-electron chi connectivity index (χ4n) is 4.60. The molecule has 0 saturated carbocycles. The van der Waals surface area contributed by atoms with E-state index in [9.17, 15) is 19.5 Å². The number of carbonyl (C=O) groups is 3. The highest BCUT2D eigenvalue weighted by atomic mass is 16.5. The second kappa shape index (κ2) is 13.1. The molecule has 2 unspecified atom stereocenters. The van der Waals surface area contributed by atoms with Gasteiger partial charge in [0.15, 0.2) is 0 Å². The molecule has 3 amide bonds. The number of carbonyl (C=O) groups excluding carboxylic acids is 3. The van der Waals surface area contributed by atoms with Crippen molar-refractivity contribution in [2.45, 2.75) is 44.9 Å². The third-order valence-corrected chi connectivity index (χ3v) is 6.56. The number of nitrogens with zero attached hydrogens (tertiary/aromatic N) is 1. The van der Waals surface area contributed by atoms with Gasteiger partial charge in [-0.2, -0.15) is 0 Å². The van der Waals surface area contributed by atoms with Gasteiger partial charge in [-0.15, -0.1) is 0 Å². The van der Waals surface area contributed by atoms with Crippen LogP contribution in [0.3, 0.4) is 0 Å². The van der Waals surface area contributed by atoms with Crippen LogP contribution < -0.4 is 15.4 Å². The fourth-order valence-corrected chi connectivity index (χ4v) is 4.60. The number of benzene rings is 3. The van der Waals surface area contributed by atoms with Gasteiger partial charge in [-0.25, -0.2) is 0 Å². The number of aliphatic hydroxyl groups is 1. The van der Waals surface area contributed by atoms with Crippen molar-refractivity contribution in [3.05, 3.63) is 96.1 Å². The van der Waals surface area contributed by atoms with E-state index in [2.05, 4.69) is 10.6 Å². The largest absolute Gasteiger partial charge is 0.457 e. The van der Waals surface area contributed by atoms with Gasteiger partial charge in [0.2, 0.25) is 11.8 Å². The second-order valence-corrected chi connectivity index (χ2v) is 10.2. The van der Waals surface area contributed by atoms with Crippen LogP contribution in [0.2, 0.25) is 0 Å². The summed E-state index contributed by atoms with van der Waals surface area (Å²) in [4.78, 5) is 40.4. The van der Waals surface area contributed by atoms with E-state index in [1.165, 1.54) is 4.90 Å². The summed E-state index contributed by atoms with van der Waals surface area (Å²) in [7, 11) is 0. The van der Waals surface area contributed by atoms with Crippen LogP contribution in [0.5, 0.6) is 11.5 Å². The zero-order valence-corrected chi connectivity index (χ0v) is 22.2. The first-order valence-corrected chi connectivity index (χ1v) is 13.2. The van der Waals surface area contributed by atoms with Gasteiger partial charge in [0.1, 0.15) is 17.5 Å². The van der Waals surface area contributed by atoms with Gasteiger partial charge >= 0.3 is 0 Å². The van der Waals surface area contributed by atoms with E-state index in [-0.39, 0.29) is 43.1 Å². The van der Waals surface area contributed by atoms with E-state index in [1.807, 2.05) is 74.5 Å². The molecule has 0 radical (unpaired) electrons. The number of likely N-dealkylation sites (tertiary alicyclic amines) is 1. The van der Waals surface area contributed by atoms with Crippen molar-refractivity contribution in [3.63, 3.8) is 0 Å². The van der Waals surface area contributed by atoms with Crippen molar-refractivity contribution < 1.29 is 24.2 Å². The number of para-hydroxylation sites is 1. The minimum absolute atomic E-state index is 0.0801. The molecule has 3 N–H and O–H groups in total. The monoisotopic (exact) mass is 529 g/mol. The van der Waals surface area contributed by atoms with E-state index in [1.54, 1.807) is 24.3 Å². The summed E-state index contributed by atoms with van der Waals surface area (Å²) < 4.78 is 5.77. The van der Waals surface area contributed by atoms with Crippen molar-refractivity contribution in [1.82, 2.24) is 15.5 Å². The van der Waals surface area contributed by atoms with E-state index in [0.29, 0.717) is 23.5 Å². The summed E-state index contributed by atoms with van der Waals surface area (Å²) in [6.45, 7) is 4.21. The molecule has 1 aliphatic heterocycles. The Morgan fingerprint density at radius 2 is 1.51 bits per heavy atom. The van der Waals surface area contributed by atoms with Crippen molar-refractivity contribution in [1.29, 1.82) is 0 Å². The minimum atomic E-state index is -0.918. The Morgan fingerprint density at radius 3 is 2.15 bits per heavy atom. The molecule has 0 spiro atoms. The maximum atomic E-state index is 13.4. The normalized spacial score (nSPS) is 17.5. The maximum Gasteiger partial charge on any atom is 0.251 e. The van der Waals surface area contributed by atoms with Gasteiger partial charge in [-0.05, 0) is 54.3 Å². The number of β-amino-alcohol motifs (C(OH)–C–C–N with tert-alkyl or cyclic N) is 1. The summed E-state index contributed by atoms with van der Waals surface area (Å²) in [5.41, 5.74) is 1.28. The predicted octanol–water partition coefficient (Wildman–Crippen LogP) is 3.55. The first-order chi connectivity index (χ1) is 18.8. The molecule has 39 heavy (non-hydrogen) atoms. The highest BCUT2D eigenvalue weighted by Crippen LogP contribution is 2.22. The molecule has 204 valence electrons. The lowest BCUT2D eigenvalue weighted by Gasteiger charge is -2.25. The molecular weight excluding hydrogens is 494 g/mol. The van der Waals surface area contributed by atoms with Gasteiger partial charge in [0.05, 0.1) is 18.6 Å². The van der Waals surface area contributed by atoms with Crippen molar-refractivity contribution in [3.8, 4) is 11.5 Å². The number of amides is 3. The smallest absolute Gasteiger partial charge is 0.251 e. The number of nitrogens with one attached hydrogen (secondary N) is 2. The molecule has 0 bridgehead atoms. The highest BCUT2D eigenvalue weighted by molar-refractivity contribution is 5.94. The van der Waals surface area contributed by atoms with Gasteiger partial charge in [0.25, 0.3) is 5.91 Å². The summed E-state index contributed by atoms with van der Waals surface area (Å²) in [6, 6.07) is 24.1. The molecule has 8 heteroatoms. The molecule has 3 aromatic rings. The molecule has 4 rings (SSSR count). The summed E-state index contributed by atoms with van der Waals surface area (Å²) in [6.07, 6.45) is -0.266. The molecule has 3 aromatic carbocycles. The molecule has 0 aromatic heterocycles. The van der Waals surface area contributed by atoms with Gasteiger partial charge in [-0.3, -0.25) is 14.4 Å². The van der Waals surface area contributed by atoms with E-state index < -0.39 is 18.2 Å². The zero-order chi connectivity index (χ0) is 27.8. The number of hydrogen-bond acceptors (Lipinski definition) is 5. The Hall–Kier alpha value is -4.17.